The molecule has 1 aliphatic heterocycles. The van der Waals surface area contributed by atoms with Crippen molar-refractivity contribution in [3.63, 3.8) is 0 Å². The highest BCUT2D eigenvalue weighted by atomic mass is 19.4. The summed E-state index contributed by atoms with van der Waals surface area (Å²) in [6.07, 6.45) is -2.81. The number of halogens is 3. The maximum atomic E-state index is 13.5. The molecule has 0 radical (unpaired) electrons. The normalized spacial score (nSPS) is 21.6. The van der Waals surface area contributed by atoms with Crippen molar-refractivity contribution in [2.45, 2.75) is 38.0 Å². The molecule has 9 heteroatoms. The third-order valence-corrected chi connectivity index (χ3v) is 4.87. The number of pyridine rings is 1. The summed E-state index contributed by atoms with van der Waals surface area (Å²) in [5.41, 5.74) is 0.245. The van der Waals surface area contributed by atoms with E-state index in [1.807, 2.05) is 11.8 Å². The van der Waals surface area contributed by atoms with Gasteiger partial charge in [0, 0.05) is 17.1 Å². The number of fused-ring (bicyclic) bond motifs is 3. The van der Waals surface area contributed by atoms with E-state index in [4.69, 9.17) is 0 Å². The van der Waals surface area contributed by atoms with Crippen molar-refractivity contribution >= 4 is 22.2 Å². The number of rotatable bonds is 2. The van der Waals surface area contributed by atoms with Crippen molar-refractivity contribution in [3.05, 3.63) is 29.8 Å². The molecular formula is C16H16F3N5O. The molecule has 1 saturated heterocycles. The van der Waals surface area contributed by atoms with Crippen LogP contribution in [0.1, 0.15) is 25.3 Å². The van der Waals surface area contributed by atoms with Gasteiger partial charge in [0.25, 0.3) is 0 Å². The summed E-state index contributed by atoms with van der Waals surface area (Å²) < 4.78 is 41.9. The Bertz CT molecular complexity index is 939. The van der Waals surface area contributed by atoms with E-state index in [1.54, 1.807) is 12.1 Å². The fourth-order valence-electron chi connectivity index (χ4n) is 3.70. The van der Waals surface area contributed by atoms with Crippen LogP contribution in [0.25, 0.3) is 16.6 Å². The van der Waals surface area contributed by atoms with Gasteiger partial charge in [0.15, 0.2) is 5.65 Å². The van der Waals surface area contributed by atoms with Crippen molar-refractivity contribution < 1.29 is 18.3 Å². The molecule has 2 atom stereocenters. The molecule has 3 heterocycles. The van der Waals surface area contributed by atoms with Crippen molar-refractivity contribution in [2.24, 2.45) is 0 Å². The lowest BCUT2D eigenvalue weighted by Gasteiger charge is -2.30. The molecule has 25 heavy (non-hydrogen) atoms. The van der Waals surface area contributed by atoms with Crippen LogP contribution in [0.2, 0.25) is 0 Å². The monoisotopic (exact) mass is 351 g/mol. The summed E-state index contributed by atoms with van der Waals surface area (Å²) in [4.78, 5) is 1.99. The van der Waals surface area contributed by atoms with E-state index in [-0.39, 0.29) is 29.7 Å². The second-order valence-corrected chi connectivity index (χ2v) is 6.38. The highest BCUT2D eigenvalue weighted by Crippen LogP contribution is 2.38. The van der Waals surface area contributed by atoms with E-state index in [2.05, 4.69) is 15.5 Å². The zero-order valence-electron chi connectivity index (χ0n) is 13.4. The maximum Gasteiger partial charge on any atom is 0.417 e. The Morgan fingerprint density at radius 2 is 2.04 bits per heavy atom. The smallest absolute Gasteiger partial charge is 0.394 e. The van der Waals surface area contributed by atoms with E-state index in [0.717, 1.165) is 18.9 Å². The second kappa shape index (κ2) is 5.55. The first-order valence-corrected chi connectivity index (χ1v) is 8.01. The molecule has 132 valence electrons. The van der Waals surface area contributed by atoms with Crippen LogP contribution in [0.3, 0.4) is 0 Å². The molecule has 1 fully saturated rings. The van der Waals surface area contributed by atoms with Gasteiger partial charge in [0.2, 0.25) is 0 Å². The molecule has 0 aliphatic carbocycles. The number of nitrogens with zero attached hydrogens (tertiary/aromatic N) is 5. The number of aromatic nitrogens is 4. The Hall–Kier alpha value is -2.42. The third-order valence-electron chi connectivity index (χ3n) is 4.87. The van der Waals surface area contributed by atoms with Crippen molar-refractivity contribution in [3.8, 4) is 0 Å². The van der Waals surface area contributed by atoms with Crippen LogP contribution in [0.15, 0.2) is 24.3 Å². The lowest BCUT2D eigenvalue weighted by Crippen LogP contribution is -2.36. The standard InChI is InChI=1S/C16H16F3N5O/c1-9-2-3-11(8-25)23(9)10-4-5-14-12(6-10)13(16(17,18)19)7-15-20-21-22-24(14)15/h4-7,9,11,25H,2-3,8H2,1H3/t9-,11-/m1/s1. The topological polar surface area (TPSA) is 66.5 Å². The molecule has 4 rings (SSSR count). The molecule has 0 unspecified atom stereocenters. The third kappa shape index (κ3) is 2.50. The van der Waals surface area contributed by atoms with Crippen LogP contribution in [0.5, 0.6) is 0 Å². The molecule has 0 bridgehead atoms. The molecule has 6 nitrogen and oxygen atoms in total. The van der Waals surface area contributed by atoms with Gasteiger partial charge in [-0.1, -0.05) is 0 Å². The highest BCUT2D eigenvalue weighted by molar-refractivity contribution is 5.89. The molecule has 1 aliphatic rings. The van der Waals surface area contributed by atoms with Gasteiger partial charge < -0.3 is 10.0 Å². The SMILES string of the molecule is C[C@@H]1CC[C@H](CO)N1c1ccc2c(c1)c(C(F)(F)F)cc1nnnn12. The molecule has 1 N–H and O–H groups in total. The van der Waals surface area contributed by atoms with E-state index >= 15 is 0 Å². The Labute approximate surface area is 140 Å². The van der Waals surface area contributed by atoms with Crippen LogP contribution >= 0.6 is 0 Å². The predicted molar refractivity (Wildman–Crippen MR) is 85.3 cm³/mol. The predicted octanol–water partition coefficient (Wildman–Crippen LogP) is 2.65. The van der Waals surface area contributed by atoms with Crippen LogP contribution in [-0.2, 0) is 6.18 Å². The largest absolute Gasteiger partial charge is 0.417 e. The Balaban J connectivity index is 1.97. The minimum atomic E-state index is -4.52. The van der Waals surface area contributed by atoms with E-state index in [1.165, 1.54) is 10.6 Å². The number of hydrogen-bond donors (Lipinski definition) is 1. The highest BCUT2D eigenvalue weighted by Gasteiger charge is 2.35. The van der Waals surface area contributed by atoms with Gasteiger partial charge in [-0.05, 0) is 54.5 Å². The van der Waals surface area contributed by atoms with Gasteiger partial charge in [0.1, 0.15) is 0 Å². The molecular weight excluding hydrogens is 335 g/mol. The molecule has 0 amide bonds. The second-order valence-electron chi connectivity index (χ2n) is 6.38. The van der Waals surface area contributed by atoms with Crippen LogP contribution in [-0.4, -0.2) is 43.8 Å². The first kappa shape index (κ1) is 16.1. The average molecular weight is 351 g/mol. The minimum Gasteiger partial charge on any atom is -0.394 e. The molecule has 1 aromatic carbocycles. The summed E-state index contributed by atoms with van der Waals surface area (Å²) in [6, 6.07) is 5.91. The zero-order valence-corrected chi connectivity index (χ0v) is 13.4. The van der Waals surface area contributed by atoms with Crippen molar-refractivity contribution in [1.29, 1.82) is 0 Å². The van der Waals surface area contributed by atoms with Gasteiger partial charge in [-0.25, -0.2) is 0 Å². The zero-order chi connectivity index (χ0) is 17.8. The van der Waals surface area contributed by atoms with Gasteiger partial charge in [-0.15, -0.1) is 5.10 Å². The fourth-order valence-corrected chi connectivity index (χ4v) is 3.70. The Morgan fingerprint density at radius 3 is 2.76 bits per heavy atom. The number of tetrazole rings is 1. The number of alkyl halides is 3. The molecule has 3 aromatic rings. The fraction of sp³-hybridized carbons (Fsp3) is 0.438. The van der Waals surface area contributed by atoms with Gasteiger partial charge in [0.05, 0.1) is 23.7 Å². The molecule has 0 spiro atoms. The molecule has 0 saturated carbocycles. The summed E-state index contributed by atoms with van der Waals surface area (Å²) in [5.74, 6) is 0. The number of aliphatic hydroxyl groups excluding tert-OH is 1. The quantitative estimate of drug-likeness (QED) is 0.769. The minimum absolute atomic E-state index is 0.0272. The number of benzene rings is 1. The lowest BCUT2D eigenvalue weighted by atomic mass is 10.1. The summed E-state index contributed by atoms with van der Waals surface area (Å²) >= 11 is 0. The number of hydrogen-bond acceptors (Lipinski definition) is 5. The summed E-state index contributed by atoms with van der Waals surface area (Å²) in [6.45, 7) is 1.98. The molecule has 2 aromatic heterocycles. The van der Waals surface area contributed by atoms with Gasteiger partial charge >= 0.3 is 6.18 Å². The Morgan fingerprint density at radius 1 is 1.24 bits per heavy atom. The van der Waals surface area contributed by atoms with E-state index < -0.39 is 11.7 Å². The number of aliphatic hydroxyl groups is 1. The lowest BCUT2D eigenvalue weighted by molar-refractivity contribution is -0.136. The summed E-state index contributed by atoms with van der Waals surface area (Å²) in [5, 5.41) is 20.5. The maximum absolute atomic E-state index is 13.5. The first-order valence-electron chi connectivity index (χ1n) is 8.01. The summed E-state index contributed by atoms with van der Waals surface area (Å²) in [7, 11) is 0. The number of anilines is 1. The van der Waals surface area contributed by atoms with Crippen molar-refractivity contribution in [2.75, 3.05) is 11.5 Å². The van der Waals surface area contributed by atoms with E-state index in [0.29, 0.717) is 11.2 Å². The van der Waals surface area contributed by atoms with Gasteiger partial charge in [-0.3, -0.25) is 0 Å². The van der Waals surface area contributed by atoms with Gasteiger partial charge in [-0.2, -0.15) is 17.7 Å². The van der Waals surface area contributed by atoms with Crippen LogP contribution in [0, 0.1) is 0 Å². The average Bonchev–Trinajstić information content (AvgIpc) is 3.18. The Kier molecular flexibility index (Phi) is 3.57. The van der Waals surface area contributed by atoms with Crippen LogP contribution in [0.4, 0.5) is 18.9 Å². The van der Waals surface area contributed by atoms with E-state index in [9.17, 15) is 18.3 Å². The first-order chi connectivity index (χ1) is 11.9. The van der Waals surface area contributed by atoms with Crippen LogP contribution < -0.4 is 4.90 Å². The van der Waals surface area contributed by atoms with Crippen molar-refractivity contribution in [1.82, 2.24) is 20.0 Å².